The van der Waals surface area contributed by atoms with Gasteiger partial charge in [-0.25, -0.2) is 5.01 Å². The van der Waals surface area contributed by atoms with E-state index in [0.717, 1.165) is 10.0 Å². The highest BCUT2D eigenvalue weighted by molar-refractivity contribution is 9.10. The topological polar surface area (TPSA) is 59.0 Å². The zero-order valence-corrected chi connectivity index (χ0v) is 12.9. The molecule has 0 N–H and O–H groups in total. The molecule has 5 nitrogen and oxygen atoms in total. The number of rotatable bonds is 4. The van der Waals surface area contributed by atoms with E-state index in [1.54, 1.807) is 6.92 Å². The van der Waals surface area contributed by atoms with E-state index in [1.165, 1.54) is 12.1 Å². The Morgan fingerprint density at radius 3 is 2.90 bits per heavy atom. The van der Waals surface area contributed by atoms with Gasteiger partial charge in [-0.3, -0.25) is 9.59 Å². The molecule has 0 saturated carbocycles. The summed E-state index contributed by atoms with van der Waals surface area (Å²) < 4.78 is 5.56. The summed E-state index contributed by atoms with van der Waals surface area (Å²) in [6.07, 6.45) is 0.0413. The average Bonchev–Trinajstić information content (AvgIpc) is 2.66. The Labute approximate surface area is 125 Å². The first-order valence-corrected chi connectivity index (χ1v) is 6.98. The summed E-state index contributed by atoms with van der Waals surface area (Å²) in [6, 6.07) is 7.69. The van der Waals surface area contributed by atoms with Crippen molar-refractivity contribution in [3.05, 3.63) is 34.3 Å². The molecule has 2 rings (SSSR count). The largest absolute Gasteiger partial charge is 0.469 e. The monoisotopic (exact) mass is 338 g/mol. The molecule has 0 radical (unpaired) electrons. The van der Waals surface area contributed by atoms with Crippen LogP contribution in [0.15, 0.2) is 33.8 Å². The van der Waals surface area contributed by atoms with E-state index in [2.05, 4.69) is 25.8 Å². The Bertz CT molecular complexity index is 571. The van der Waals surface area contributed by atoms with Gasteiger partial charge in [0.2, 0.25) is 0 Å². The maximum Gasteiger partial charge on any atom is 0.306 e. The number of carbonyl (C=O) groups is 2. The van der Waals surface area contributed by atoms with Crippen molar-refractivity contribution in [2.45, 2.75) is 19.9 Å². The molecule has 0 aromatic heterocycles. The molecule has 0 fully saturated rings. The Hall–Kier alpha value is -1.69. The van der Waals surface area contributed by atoms with E-state index in [1.807, 2.05) is 24.3 Å². The number of ether oxygens (including phenoxy) is 1. The van der Waals surface area contributed by atoms with Gasteiger partial charge in [0.25, 0.3) is 5.91 Å². The molecule has 20 heavy (non-hydrogen) atoms. The third-order valence-corrected chi connectivity index (χ3v) is 3.65. The smallest absolute Gasteiger partial charge is 0.306 e. The lowest BCUT2D eigenvalue weighted by Gasteiger charge is -2.14. The summed E-state index contributed by atoms with van der Waals surface area (Å²) in [5, 5.41) is 5.65. The Morgan fingerprint density at radius 1 is 1.50 bits per heavy atom. The van der Waals surface area contributed by atoms with E-state index in [0.29, 0.717) is 12.3 Å². The van der Waals surface area contributed by atoms with Gasteiger partial charge in [-0.2, -0.15) is 5.10 Å². The predicted molar refractivity (Wildman–Crippen MR) is 77.9 cm³/mol. The summed E-state index contributed by atoms with van der Waals surface area (Å²) in [7, 11) is 1.31. The molecule has 6 heteroatoms. The molecule has 1 aliphatic heterocycles. The number of hydrazone groups is 1. The molecule has 1 aromatic rings. The van der Waals surface area contributed by atoms with Crippen LogP contribution in [0.3, 0.4) is 0 Å². The summed E-state index contributed by atoms with van der Waals surface area (Å²) in [4.78, 5) is 23.6. The molecular formula is C14H15BrN2O3. The van der Waals surface area contributed by atoms with E-state index in [9.17, 15) is 9.59 Å². The van der Waals surface area contributed by atoms with Gasteiger partial charge in [0.1, 0.15) is 0 Å². The second-order valence-corrected chi connectivity index (χ2v) is 5.52. The maximum absolute atomic E-state index is 12.2. The van der Waals surface area contributed by atoms with Crippen LogP contribution in [0.2, 0.25) is 0 Å². The van der Waals surface area contributed by atoms with Gasteiger partial charge in [0.15, 0.2) is 0 Å². The highest BCUT2D eigenvalue weighted by Gasteiger charge is 2.35. The maximum atomic E-state index is 12.2. The third-order valence-electron chi connectivity index (χ3n) is 3.16. The lowest BCUT2D eigenvalue weighted by Crippen LogP contribution is -2.28. The molecule has 1 unspecified atom stereocenters. The zero-order chi connectivity index (χ0) is 14.7. The van der Waals surface area contributed by atoms with E-state index >= 15 is 0 Å². The fourth-order valence-corrected chi connectivity index (χ4v) is 2.52. The Morgan fingerprint density at radius 2 is 2.25 bits per heavy atom. The van der Waals surface area contributed by atoms with Gasteiger partial charge in [0, 0.05) is 10.2 Å². The fraction of sp³-hybridized carbons (Fsp3) is 0.357. The minimum atomic E-state index is -0.505. The van der Waals surface area contributed by atoms with Crippen molar-refractivity contribution in [3.63, 3.8) is 0 Å². The number of esters is 1. The lowest BCUT2D eigenvalue weighted by atomic mass is 10.0. The first-order chi connectivity index (χ1) is 9.51. The van der Waals surface area contributed by atoms with Crippen molar-refractivity contribution < 1.29 is 14.3 Å². The molecule has 106 valence electrons. The van der Waals surface area contributed by atoms with Crippen LogP contribution in [0, 0.1) is 5.92 Å². The van der Waals surface area contributed by atoms with Gasteiger partial charge in [-0.05, 0) is 24.6 Å². The Balaban J connectivity index is 2.08. The SMILES string of the molecule is COC(=O)CC1C(=O)N(Cc2cccc(Br)c2)N=C1C. The minimum absolute atomic E-state index is 0.0413. The third kappa shape index (κ3) is 3.25. The van der Waals surface area contributed by atoms with Crippen molar-refractivity contribution >= 4 is 33.5 Å². The first kappa shape index (κ1) is 14.7. The first-order valence-electron chi connectivity index (χ1n) is 6.19. The predicted octanol–water partition coefficient (Wildman–Crippen LogP) is 2.35. The van der Waals surface area contributed by atoms with Crippen molar-refractivity contribution in [1.82, 2.24) is 5.01 Å². The van der Waals surface area contributed by atoms with Crippen LogP contribution in [-0.2, 0) is 20.9 Å². The second kappa shape index (κ2) is 6.17. The molecule has 0 spiro atoms. The van der Waals surface area contributed by atoms with E-state index in [4.69, 9.17) is 0 Å². The van der Waals surface area contributed by atoms with Crippen LogP contribution in [-0.4, -0.2) is 29.7 Å². The van der Waals surface area contributed by atoms with Crippen LogP contribution in [0.5, 0.6) is 0 Å². The lowest BCUT2D eigenvalue weighted by molar-refractivity contribution is -0.144. The molecule has 0 aliphatic carbocycles. The fourth-order valence-electron chi connectivity index (χ4n) is 2.07. The number of halogens is 1. The van der Waals surface area contributed by atoms with Crippen molar-refractivity contribution in [1.29, 1.82) is 0 Å². The number of carbonyl (C=O) groups excluding carboxylic acids is 2. The van der Waals surface area contributed by atoms with Crippen LogP contribution in [0.25, 0.3) is 0 Å². The van der Waals surface area contributed by atoms with Gasteiger partial charge in [-0.15, -0.1) is 0 Å². The van der Waals surface area contributed by atoms with Gasteiger partial charge < -0.3 is 4.74 Å². The second-order valence-electron chi connectivity index (χ2n) is 4.60. The molecule has 1 aliphatic rings. The standard InChI is InChI=1S/C14H15BrN2O3/c1-9-12(7-13(18)20-2)14(19)17(16-9)8-10-4-3-5-11(15)6-10/h3-6,12H,7-8H2,1-2H3. The highest BCUT2D eigenvalue weighted by atomic mass is 79.9. The number of nitrogens with zero attached hydrogens (tertiary/aromatic N) is 2. The van der Waals surface area contributed by atoms with Crippen molar-refractivity contribution in [2.24, 2.45) is 11.0 Å². The Kier molecular flexibility index (Phi) is 4.54. The van der Waals surface area contributed by atoms with Gasteiger partial charge in [-0.1, -0.05) is 28.1 Å². The van der Waals surface area contributed by atoms with Crippen LogP contribution < -0.4 is 0 Å². The van der Waals surface area contributed by atoms with Crippen LogP contribution in [0.1, 0.15) is 18.9 Å². The molecule has 0 saturated heterocycles. The van der Waals surface area contributed by atoms with Crippen LogP contribution in [0.4, 0.5) is 0 Å². The number of amides is 1. The normalized spacial score (nSPS) is 18.1. The molecule has 1 atom stereocenters. The number of methoxy groups -OCH3 is 1. The molecular weight excluding hydrogens is 324 g/mol. The highest BCUT2D eigenvalue weighted by Crippen LogP contribution is 2.22. The van der Waals surface area contributed by atoms with E-state index < -0.39 is 11.9 Å². The molecule has 0 bridgehead atoms. The van der Waals surface area contributed by atoms with Crippen molar-refractivity contribution in [2.75, 3.05) is 7.11 Å². The van der Waals surface area contributed by atoms with E-state index in [-0.39, 0.29) is 12.3 Å². The number of benzene rings is 1. The van der Waals surface area contributed by atoms with Gasteiger partial charge >= 0.3 is 5.97 Å². The molecule has 1 heterocycles. The average molecular weight is 339 g/mol. The van der Waals surface area contributed by atoms with Crippen LogP contribution >= 0.6 is 15.9 Å². The number of hydrogen-bond acceptors (Lipinski definition) is 4. The molecule has 1 aromatic carbocycles. The zero-order valence-electron chi connectivity index (χ0n) is 11.3. The summed E-state index contributed by atoms with van der Waals surface area (Å²) in [5.74, 6) is -1.07. The minimum Gasteiger partial charge on any atom is -0.469 e. The summed E-state index contributed by atoms with van der Waals surface area (Å²) in [5.41, 5.74) is 1.62. The van der Waals surface area contributed by atoms with Crippen molar-refractivity contribution in [3.8, 4) is 0 Å². The molecule has 1 amide bonds. The van der Waals surface area contributed by atoms with Gasteiger partial charge in [0.05, 0.1) is 26.0 Å². The quantitative estimate of drug-likeness (QED) is 0.791. The number of hydrogen-bond donors (Lipinski definition) is 0. The summed E-state index contributed by atoms with van der Waals surface area (Å²) >= 11 is 3.39. The summed E-state index contributed by atoms with van der Waals surface area (Å²) in [6.45, 7) is 2.15.